The van der Waals surface area contributed by atoms with Crippen molar-refractivity contribution in [3.05, 3.63) is 129 Å². The molecule has 7 nitrogen and oxygen atoms in total. The van der Waals surface area contributed by atoms with Crippen molar-refractivity contribution in [2.24, 2.45) is 0 Å². The summed E-state index contributed by atoms with van der Waals surface area (Å²) in [5, 5.41) is 14.2. The number of anilines is 1. The quantitative estimate of drug-likeness (QED) is 0.106. The van der Waals surface area contributed by atoms with Crippen LogP contribution in [0.2, 0.25) is 10.0 Å². The smallest absolute Gasteiger partial charge is 0.296 e. The lowest BCUT2D eigenvalue weighted by molar-refractivity contribution is -0.605. The fourth-order valence-electron chi connectivity index (χ4n) is 4.19. The lowest BCUT2D eigenvalue weighted by Gasteiger charge is -2.12. The van der Waals surface area contributed by atoms with Crippen LogP contribution in [0.15, 0.2) is 91.4 Å². The first kappa shape index (κ1) is 26.2. The van der Waals surface area contributed by atoms with Gasteiger partial charge in [-0.25, -0.2) is 4.39 Å². The first-order valence-electron chi connectivity index (χ1n) is 11.8. The fourth-order valence-corrected chi connectivity index (χ4v) is 4.72. The van der Waals surface area contributed by atoms with Crippen molar-refractivity contribution in [2.75, 3.05) is 5.32 Å². The Morgan fingerprint density at radius 1 is 0.923 bits per heavy atom. The number of Topliss-reactive ketones (excluding diaryl/α,β-unsaturated/α-hetero) is 1. The molecule has 1 N–H and O–H groups in total. The molecule has 0 saturated carbocycles. The Morgan fingerprint density at radius 2 is 1.62 bits per heavy atom. The van der Waals surface area contributed by atoms with Gasteiger partial charge in [-0.1, -0.05) is 77.8 Å². The van der Waals surface area contributed by atoms with E-state index in [4.69, 9.17) is 27.9 Å². The third kappa shape index (κ3) is 5.72. The highest BCUT2D eigenvalue weighted by atomic mass is 35.5. The van der Waals surface area contributed by atoms with Gasteiger partial charge in [0.1, 0.15) is 28.2 Å². The monoisotopic (exact) mass is 563 g/mol. The van der Waals surface area contributed by atoms with Crippen molar-refractivity contribution in [1.82, 2.24) is 4.57 Å². The molecule has 2 heterocycles. The second kappa shape index (κ2) is 11.1. The Bertz CT molecular complexity index is 1670. The normalized spacial score (nSPS) is 10.9. The predicted octanol–water partition coefficient (Wildman–Crippen LogP) is 6.17. The van der Waals surface area contributed by atoms with Gasteiger partial charge in [-0.2, -0.15) is 4.73 Å². The van der Waals surface area contributed by atoms with Crippen molar-refractivity contribution in [3.8, 4) is 5.75 Å². The van der Waals surface area contributed by atoms with Crippen LogP contribution in [0, 0.1) is 11.0 Å². The summed E-state index contributed by atoms with van der Waals surface area (Å²) in [5.41, 5.74) is 2.40. The van der Waals surface area contributed by atoms with E-state index in [0.717, 1.165) is 23.5 Å². The number of benzene rings is 3. The molecule has 10 heteroatoms. The summed E-state index contributed by atoms with van der Waals surface area (Å²) in [6, 6.07) is 20.8. The van der Waals surface area contributed by atoms with Crippen LogP contribution in [0.1, 0.15) is 21.5 Å². The van der Waals surface area contributed by atoms with Gasteiger partial charge in [0.15, 0.2) is 0 Å². The van der Waals surface area contributed by atoms with Gasteiger partial charge in [0.05, 0.1) is 16.8 Å². The highest BCUT2D eigenvalue weighted by molar-refractivity contribution is 6.50. The number of halogens is 3. The molecular weight excluding hydrogens is 544 g/mol. The molecule has 0 fully saturated rings. The van der Waals surface area contributed by atoms with E-state index >= 15 is 0 Å². The molecule has 0 unspecified atom stereocenters. The zero-order chi connectivity index (χ0) is 27.5. The van der Waals surface area contributed by atoms with Crippen molar-refractivity contribution in [1.29, 1.82) is 0 Å². The van der Waals surface area contributed by atoms with Crippen LogP contribution in [0.4, 0.5) is 10.1 Å². The van der Waals surface area contributed by atoms with E-state index in [1.165, 1.54) is 12.1 Å². The van der Waals surface area contributed by atoms with Crippen LogP contribution in [-0.2, 0) is 17.9 Å². The number of hydrogen-bond acceptors (Lipinski definition) is 4. The van der Waals surface area contributed by atoms with E-state index in [0.29, 0.717) is 21.4 Å². The number of hydrogen-bond donors (Lipinski definition) is 1. The second-order valence-corrected chi connectivity index (χ2v) is 9.51. The molecule has 39 heavy (non-hydrogen) atoms. The lowest BCUT2D eigenvalue weighted by atomic mass is 10.1. The Hall–Kier alpha value is -4.40. The first-order chi connectivity index (χ1) is 18.8. The second-order valence-electron chi connectivity index (χ2n) is 8.70. The largest absolute Gasteiger partial charge is 0.619 e. The fraction of sp³-hybridized carbons (Fsp3) is 0.0690. The maximum absolute atomic E-state index is 13.5. The molecule has 3 aromatic carbocycles. The highest BCUT2D eigenvalue weighted by Gasteiger charge is 2.25. The lowest BCUT2D eigenvalue weighted by Crippen LogP contribution is -2.27. The molecule has 196 valence electrons. The van der Waals surface area contributed by atoms with E-state index in [9.17, 15) is 19.2 Å². The molecule has 0 bridgehead atoms. The summed E-state index contributed by atoms with van der Waals surface area (Å²) in [6.45, 7) is 0.577. The third-order valence-electron chi connectivity index (χ3n) is 6.01. The maximum atomic E-state index is 13.5. The number of para-hydroxylation sites is 1. The number of carbonyl (C=O) groups excluding carboxylic acids is 2. The standard InChI is InChI=1S/C29H20Cl2FN3O4/c30-23-15-35(38)16-24(31)26(23)33-29(37)28(36)22-14-34(13-18-9-11-20(32)12-10-18)27-21(22)7-4-8-25(27)39-17-19-5-2-1-3-6-19/h1-12,14-16H,13,17H2,(H,33,37). The summed E-state index contributed by atoms with van der Waals surface area (Å²) in [5.74, 6) is -1.69. The summed E-state index contributed by atoms with van der Waals surface area (Å²) in [4.78, 5) is 26.4. The van der Waals surface area contributed by atoms with Crippen molar-refractivity contribution < 1.29 is 23.4 Å². The molecule has 0 radical (unpaired) electrons. The van der Waals surface area contributed by atoms with Crippen LogP contribution in [-0.4, -0.2) is 16.3 Å². The minimum Gasteiger partial charge on any atom is -0.619 e. The molecule has 0 atom stereocenters. The summed E-state index contributed by atoms with van der Waals surface area (Å²) in [7, 11) is 0. The van der Waals surface area contributed by atoms with Crippen LogP contribution in [0.5, 0.6) is 5.75 Å². The molecule has 0 aliphatic carbocycles. The number of carbonyl (C=O) groups is 2. The van der Waals surface area contributed by atoms with E-state index < -0.39 is 11.7 Å². The highest BCUT2D eigenvalue weighted by Crippen LogP contribution is 2.33. The van der Waals surface area contributed by atoms with E-state index in [-0.39, 0.29) is 40.3 Å². The summed E-state index contributed by atoms with van der Waals surface area (Å²) >= 11 is 12.1. The molecule has 0 aliphatic heterocycles. The average Bonchev–Trinajstić information content (AvgIpc) is 3.29. The maximum Gasteiger partial charge on any atom is 0.296 e. The number of nitrogens with zero attached hydrogens (tertiary/aromatic N) is 2. The van der Waals surface area contributed by atoms with Gasteiger partial charge in [-0.3, -0.25) is 9.59 Å². The van der Waals surface area contributed by atoms with Gasteiger partial charge >= 0.3 is 0 Å². The molecule has 2 aromatic heterocycles. The van der Waals surface area contributed by atoms with Gasteiger partial charge in [0, 0.05) is 18.1 Å². The topological polar surface area (TPSA) is 87.3 Å². The summed E-state index contributed by atoms with van der Waals surface area (Å²) < 4.78 is 21.8. The minimum absolute atomic E-state index is 0.0503. The molecule has 5 aromatic rings. The molecule has 0 aliphatic rings. The van der Waals surface area contributed by atoms with Crippen LogP contribution < -0.4 is 14.8 Å². The number of rotatable bonds is 8. The van der Waals surface area contributed by atoms with E-state index in [1.807, 2.05) is 30.3 Å². The minimum atomic E-state index is -0.987. The number of nitrogens with one attached hydrogen (secondary N) is 1. The average molecular weight is 564 g/mol. The Kier molecular flexibility index (Phi) is 7.49. The van der Waals surface area contributed by atoms with Crippen LogP contribution in [0.3, 0.4) is 0 Å². The zero-order valence-corrected chi connectivity index (χ0v) is 21.7. The number of ketones is 1. The zero-order valence-electron chi connectivity index (χ0n) is 20.2. The molecule has 1 amide bonds. The van der Waals surface area contributed by atoms with Crippen molar-refractivity contribution in [3.63, 3.8) is 0 Å². The molecule has 0 spiro atoms. The van der Waals surface area contributed by atoms with Gasteiger partial charge in [-0.15, -0.1) is 0 Å². The summed E-state index contributed by atoms with van der Waals surface area (Å²) in [6.07, 6.45) is 3.59. The predicted molar refractivity (Wildman–Crippen MR) is 147 cm³/mol. The molecule has 5 rings (SSSR count). The van der Waals surface area contributed by atoms with Gasteiger partial charge in [0.25, 0.3) is 11.7 Å². The Balaban J connectivity index is 1.53. The number of amides is 1. The first-order valence-corrected chi connectivity index (χ1v) is 12.5. The molecular formula is C29H20Cl2FN3O4. The molecule has 0 saturated heterocycles. The number of fused-ring (bicyclic) bond motifs is 1. The van der Waals surface area contributed by atoms with Gasteiger partial charge < -0.3 is 19.8 Å². The van der Waals surface area contributed by atoms with Crippen LogP contribution >= 0.6 is 23.2 Å². The van der Waals surface area contributed by atoms with E-state index in [1.54, 1.807) is 41.1 Å². The van der Waals surface area contributed by atoms with Crippen molar-refractivity contribution in [2.45, 2.75) is 13.2 Å². The van der Waals surface area contributed by atoms with Crippen molar-refractivity contribution >= 4 is 51.5 Å². The number of aromatic nitrogens is 2. The van der Waals surface area contributed by atoms with Gasteiger partial charge in [-0.05, 0) is 29.3 Å². The van der Waals surface area contributed by atoms with Crippen LogP contribution in [0.25, 0.3) is 10.9 Å². The number of ether oxygens (including phenoxy) is 1. The SMILES string of the molecule is O=C(Nc1c(Cl)c[n+]([O-])cc1Cl)C(=O)c1cn(Cc2ccc(F)cc2)c2c(OCc3ccccc3)cccc12. The Morgan fingerprint density at radius 3 is 2.31 bits per heavy atom. The number of pyridine rings is 1. The Labute approximate surface area is 232 Å². The van der Waals surface area contributed by atoms with E-state index in [2.05, 4.69) is 5.32 Å². The van der Waals surface area contributed by atoms with Gasteiger partial charge in [0.2, 0.25) is 12.4 Å². The third-order valence-corrected chi connectivity index (χ3v) is 6.59.